The number of carbonyl (C=O) groups is 1. The van der Waals surface area contributed by atoms with Crippen LogP contribution in [0.15, 0.2) is 79.0 Å². The summed E-state index contributed by atoms with van der Waals surface area (Å²) in [5.74, 6) is -1.52. The maximum atomic E-state index is 13.3. The van der Waals surface area contributed by atoms with Gasteiger partial charge >= 0.3 is 5.97 Å². The van der Waals surface area contributed by atoms with E-state index in [1.165, 1.54) is 23.5 Å². The van der Waals surface area contributed by atoms with Crippen LogP contribution in [0.2, 0.25) is 0 Å². The van der Waals surface area contributed by atoms with Gasteiger partial charge in [-0.25, -0.2) is 9.37 Å². The largest absolute Gasteiger partial charge is 0.481 e. The molecule has 182 valence electrons. The van der Waals surface area contributed by atoms with E-state index in [1.54, 1.807) is 12.1 Å². The molecule has 0 saturated heterocycles. The molecule has 36 heavy (non-hydrogen) atoms. The summed E-state index contributed by atoms with van der Waals surface area (Å²) >= 11 is 1.53. The molecule has 0 aliphatic rings. The number of anilines is 1. The quantitative estimate of drug-likeness (QED) is 0.194. The first kappa shape index (κ1) is 23.8. The van der Waals surface area contributed by atoms with Crippen LogP contribution >= 0.6 is 11.3 Å². The number of hydrogen-bond donors (Lipinski definition) is 3. The number of rotatable bonds is 9. The van der Waals surface area contributed by atoms with Crippen molar-refractivity contribution in [2.45, 2.75) is 19.8 Å². The third-order valence-corrected chi connectivity index (χ3v) is 7.34. The molecule has 5 aromatic rings. The zero-order chi connectivity index (χ0) is 25.1. The maximum Gasteiger partial charge on any atom is 0.308 e. The van der Waals surface area contributed by atoms with Crippen LogP contribution in [-0.4, -0.2) is 27.6 Å². The molecule has 1 atom stereocenters. The third-order valence-electron chi connectivity index (χ3n) is 6.29. The molecule has 0 aliphatic carbocycles. The second kappa shape index (κ2) is 10.3. The van der Waals surface area contributed by atoms with Crippen molar-refractivity contribution in [1.29, 1.82) is 0 Å². The minimum absolute atomic E-state index is 0.259. The Morgan fingerprint density at radius 1 is 1.03 bits per heavy atom. The van der Waals surface area contributed by atoms with Crippen molar-refractivity contribution in [2.75, 3.05) is 11.9 Å². The molecular weight excluding hydrogens is 473 g/mol. The molecule has 3 aromatic carbocycles. The number of fused-ring (bicyclic) bond motifs is 1. The number of hydrogen-bond acceptors (Lipinski definition) is 4. The zero-order valence-corrected chi connectivity index (χ0v) is 20.6. The van der Waals surface area contributed by atoms with E-state index in [9.17, 15) is 14.3 Å². The van der Waals surface area contributed by atoms with Crippen LogP contribution in [-0.2, 0) is 4.79 Å². The lowest BCUT2D eigenvalue weighted by Gasteiger charge is -2.11. The van der Waals surface area contributed by atoms with Gasteiger partial charge < -0.3 is 15.4 Å². The number of benzene rings is 3. The molecule has 5 nitrogen and oxygen atoms in total. The summed E-state index contributed by atoms with van der Waals surface area (Å²) in [4.78, 5) is 20.8. The van der Waals surface area contributed by atoms with E-state index in [4.69, 9.17) is 4.98 Å². The van der Waals surface area contributed by atoms with Crippen molar-refractivity contribution in [3.63, 3.8) is 0 Å². The number of aliphatic carboxylic acids is 1. The number of halogens is 1. The molecule has 5 rings (SSSR count). The number of nitrogens with zero attached hydrogens (tertiary/aromatic N) is 1. The highest BCUT2D eigenvalue weighted by Crippen LogP contribution is 2.42. The molecule has 0 fully saturated rings. The normalized spacial score (nSPS) is 12.1. The maximum absolute atomic E-state index is 13.3. The Kier molecular flexibility index (Phi) is 6.82. The summed E-state index contributed by atoms with van der Waals surface area (Å²) in [7, 11) is 0. The van der Waals surface area contributed by atoms with E-state index in [0.717, 1.165) is 50.1 Å². The van der Waals surface area contributed by atoms with E-state index in [-0.39, 0.29) is 5.82 Å². The van der Waals surface area contributed by atoms with E-state index >= 15 is 0 Å². The average Bonchev–Trinajstić information content (AvgIpc) is 3.54. The Labute approximate surface area is 212 Å². The van der Waals surface area contributed by atoms with E-state index in [1.807, 2.05) is 49.5 Å². The predicted molar refractivity (Wildman–Crippen MR) is 145 cm³/mol. The predicted octanol–water partition coefficient (Wildman–Crippen LogP) is 7.68. The number of nitrogens with one attached hydrogen (secondary N) is 2. The molecule has 0 spiro atoms. The molecule has 0 bridgehead atoms. The standard InChI is InChI=1S/C29H26FN3O2S/c1-2-4-21(28(34)35)17-32-29-33-26(27(36-29)24-5-3-6-25-23(24)15-16-31-25)20-9-7-18(8-10-20)19-11-13-22(30)14-12-19/h3,5-16,21,31H,2,4,17H2,1H3,(H,32,33)(H,34,35). The van der Waals surface area contributed by atoms with Gasteiger partial charge in [0.2, 0.25) is 0 Å². The number of aromatic amines is 1. The fourth-order valence-electron chi connectivity index (χ4n) is 4.39. The highest BCUT2D eigenvalue weighted by Gasteiger charge is 2.20. The van der Waals surface area contributed by atoms with Gasteiger partial charge in [0.15, 0.2) is 5.13 Å². The van der Waals surface area contributed by atoms with Crippen molar-refractivity contribution in [2.24, 2.45) is 5.92 Å². The molecular formula is C29H26FN3O2S. The first-order chi connectivity index (χ1) is 17.5. The smallest absolute Gasteiger partial charge is 0.308 e. The highest BCUT2D eigenvalue weighted by molar-refractivity contribution is 7.19. The lowest BCUT2D eigenvalue weighted by atomic mass is 10.0. The summed E-state index contributed by atoms with van der Waals surface area (Å²) in [6, 6.07) is 22.7. The summed E-state index contributed by atoms with van der Waals surface area (Å²) in [5.41, 5.74) is 5.84. The van der Waals surface area contributed by atoms with Gasteiger partial charge in [0, 0.05) is 34.8 Å². The number of carboxylic acids is 1. The Hall–Kier alpha value is -3.97. The van der Waals surface area contributed by atoms with Crippen LogP contribution in [0.1, 0.15) is 19.8 Å². The summed E-state index contributed by atoms with van der Waals surface area (Å²) in [5, 5.41) is 14.6. The fraction of sp³-hybridized carbons (Fsp3) is 0.172. The van der Waals surface area contributed by atoms with E-state index in [2.05, 4.69) is 22.4 Å². The molecule has 0 radical (unpaired) electrons. The first-order valence-corrected chi connectivity index (χ1v) is 12.8. The van der Waals surface area contributed by atoms with E-state index in [0.29, 0.717) is 18.1 Å². The van der Waals surface area contributed by atoms with Crippen molar-refractivity contribution in [3.05, 3.63) is 84.8 Å². The van der Waals surface area contributed by atoms with Crippen molar-refractivity contribution in [1.82, 2.24) is 9.97 Å². The van der Waals surface area contributed by atoms with Gasteiger partial charge in [0.1, 0.15) is 5.82 Å². The molecule has 1 unspecified atom stereocenters. The Morgan fingerprint density at radius 3 is 2.42 bits per heavy atom. The third kappa shape index (κ3) is 4.88. The average molecular weight is 500 g/mol. The van der Waals surface area contributed by atoms with Crippen molar-refractivity contribution < 1.29 is 14.3 Å². The summed E-state index contributed by atoms with van der Waals surface area (Å²) in [6.45, 7) is 2.32. The second-order valence-electron chi connectivity index (χ2n) is 8.73. The van der Waals surface area contributed by atoms with Gasteiger partial charge in [-0.2, -0.15) is 0 Å². The van der Waals surface area contributed by atoms with Gasteiger partial charge in [0.05, 0.1) is 16.5 Å². The molecule has 0 aliphatic heterocycles. The molecule has 2 aromatic heterocycles. The van der Waals surface area contributed by atoms with E-state index < -0.39 is 11.9 Å². The molecule has 2 heterocycles. The van der Waals surface area contributed by atoms with Crippen LogP contribution < -0.4 is 5.32 Å². The van der Waals surface area contributed by atoms with Crippen LogP contribution in [0.25, 0.3) is 43.7 Å². The molecule has 0 saturated carbocycles. The minimum atomic E-state index is -0.796. The van der Waals surface area contributed by atoms with Crippen LogP contribution in [0, 0.1) is 11.7 Å². The monoisotopic (exact) mass is 499 g/mol. The van der Waals surface area contributed by atoms with Crippen molar-refractivity contribution >= 4 is 33.3 Å². The van der Waals surface area contributed by atoms with Crippen molar-refractivity contribution in [3.8, 4) is 32.8 Å². The van der Waals surface area contributed by atoms with Gasteiger partial charge in [-0.1, -0.05) is 73.2 Å². The van der Waals surface area contributed by atoms with Gasteiger partial charge in [-0.15, -0.1) is 0 Å². The Bertz CT molecular complexity index is 1490. The van der Waals surface area contributed by atoms with Gasteiger partial charge in [-0.05, 0) is 41.8 Å². The van der Waals surface area contributed by atoms with Crippen LogP contribution in [0.3, 0.4) is 0 Å². The SMILES string of the molecule is CCCC(CNc1nc(-c2ccc(-c3ccc(F)cc3)cc2)c(-c2cccc3[nH]ccc23)s1)C(=O)O. The topological polar surface area (TPSA) is 78.0 Å². The number of carboxylic acid groups (broad SMARTS) is 1. The first-order valence-electron chi connectivity index (χ1n) is 11.9. The molecule has 0 amide bonds. The second-order valence-corrected chi connectivity index (χ2v) is 9.73. The Balaban J connectivity index is 1.53. The number of aromatic nitrogens is 2. The van der Waals surface area contributed by atoms with Gasteiger partial charge in [0.25, 0.3) is 0 Å². The molecule has 7 heteroatoms. The minimum Gasteiger partial charge on any atom is -0.481 e. The zero-order valence-electron chi connectivity index (χ0n) is 19.8. The Morgan fingerprint density at radius 2 is 1.72 bits per heavy atom. The summed E-state index contributed by atoms with van der Waals surface area (Å²) in [6.07, 6.45) is 3.34. The fourth-order valence-corrected chi connectivity index (χ4v) is 5.43. The van der Waals surface area contributed by atoms with Crippen LogP contribution in [0.5, 0.6) is 0 Å². The van der Waals surface area contributed by atoms with Gasteiger partial charge in [-0.3, -0.25) is 4.79 Å². The highest BCUT2D eigenvalue weighted by atomic mass is 32.1. The number of thiazole rings is 1. The lowest BCUT2D eigenvalue weighted by molar-refractivity contribution is -0.141. The lowest BCUT2D eigenvalue weighted by Crippen LogP contribution is -2.22. The summed E-state index contributed by atoms with van der Waals surface area (Å²) < 4.78 is 13.3. The van der Waals surface area contributed by atoms with Crippen LogP contribution in [0.4, 0.5) is 9.52 Å². The molecule has 3 N–H and O–H groups in total. The number of H-pyrrole nitrogens is 1.